The summed E-state index contributed by atoms with van der Waals surface area (Å²) in [7, 11) is -3.36. The highest BCUT2D eigenvalue weighted by atomic mass is 32.2. The lowest BCUT2D eigenvalue weighted by Crippen LogP contribution is -2.30. The number of aromatic amines is 1. The smallest absolute Gasteiger partial charge is 0.221 e. The van der Waals surface area contributed by atoms with Crippen molar-refractivity contribution in [1.29, 1.82) is 0 Å². The van der Waals surface area contributed by atoms with E-state index in [0.29, 0.717) is 18.0 Å². The summed E-state index contributed by atoms with van der Waals surface area (Å²) in [6, 6.07) is 8.80. The fraction of sp³-hybridized carbons (Fsp3) is 0.286. The van der Waals surface area contributed by atoms with Crippen LogP contribution < -0.4 is 10.5 Å². The topological polar surface area (TPSA) is 128 Å². The molecule has 0 radical (unpaired) electrons. The summed E-state index contributed by atoms with van der Waals surface area (Å²) in [4.78, 5) is 23.4. The van der Waals surface area contributed by atoms with E-state index in [0.717, 1.165) is 33.5 Å². The van der Waals surface area contributed by atoms with Crippen molar-refractivity contribution in [2.24, 2.45) is 16.6 Å². The number of carbonyl (C=O) groups excluding carboxylic acids is 1. The highest BCUT2D eigenvalue weighted by Crippen LogP contribution is 2.34. The summed E-state index contributed by atoms with van der Waals surface area (Å²) < 4.78 is 29.0. The van der Waals surface area contributed by atoms with Crippen LogP contribution in [0.15, 0.2) is 46.5 Å². The van der Waals surface area contributed by atoms with Gasteiger partial charge in [-0.2, -0.15) is 0 Å². The number of hydrogen-bond donors (Lipinski definition) is 2. The Labute approximate surface area is 184 Å². The van der Waals surface area contributed by atoms with E-state index in [4.69, 9.17) is 10.5 Å². The van der Waals surface area contributed by atoms with Crippen LogP contribution in [0.1, 0.15) is 18.2 Å². The quantitative estimate of drug-likeness (QED) is 0.584. The lowest BCUT2D eigenvalue weighted by Gasteiger charge is -2.13. The van der Waals surface area contributed by atoms with Crippen LogP contribution in [-0.2, 0) is 14.6 Å². The lowest BCUT2D eigenvalue weighted by atomic mass is 10.1. The minimum Gasteiger partial charge on any atom is -0.456 e. The van der Waals surface area contributed by atoms with Gasteiger partial charge in [0.05, 0.1) is 18.4 Å². The number of H-pyrrole nitrogens is 1. The molecular formula is C21H22N4O4S2. The third-order valence-electron chi connectivity index (χ3n) is 5.14. The predicted molar refractivity (Wildman–Crippen MR) is 122 cm³/mol. The molecule has 1 amide bonds. The molecule has 162 valence electrons. The largest absolute Gasteiger partial charge is 0.456 e. The number of nitrogens with zero attached hydrogens (tertiary/aromatic N) is 2. The lowest BCUT2D eigenvalue weighted by molar-refractivity contribution is -0.121. The second kappa shape index (κ2) is 8.01. The monoisotopic (exact) mass is 458 g/mol. The molecule has 0 saturated carbocycles. The van der Waals surface area contributed by atoms with Gasteiger partial charge in [-0.15, -0.1) is 0 Å². The molecular weight excluding hydrogens is 436 g/mol. The number of aliphatic imine (C=N–C) groups is 1. The third kappa shape index (κ3) is 4.45. The van der Waals surface area contributed by atoms with Gasteiger partial charge in [-0.25, -0.2) is 13.4 Å². The zero-order valence-electron chi connectivity index (χ0n) is 17.2. The van der Waals surface area contributed by atoms with E-state index in [1.54, 1.807) is 17.8 Å². The van der Waals surface area contributed by atoms with Crippen LogP contribution in [0.5, 0.6) is 11.5 Å². The number of fused-ring (bicyclic) bond motifs is 1. The van der Waals surface area contributed by atoms with Gasteiger partial charge in [-0.05, 0) is 42.8 Å². The maximum atomic E-state index is 11.6. The molecule has 8 nitrogen and oxygen atoms in total. The Morgan fingerprint density at radius 1 is 1.29 bits per heavy atom. The number of benzene rings is 1. The number of aryl methyl sites for hydroxylation is 1. The van der Waals surface area contributed by atoms with E-state index in [9.17, 15) is 13.2 Å². The van der Waals surface area contributed by atoms with Gasteiger partial charge in [0.2, 0.25) is 5.91 Å². The third-order valence-corrected chi connectivity index (χ3v) is 7.57. The Morgan fingerprint density at radius 2 is 2.06 bits per heavy atom. The number of ether oxygens (including phenoxy) is 1. The number of amides is 1. The normalized spacial score (nSPS) is 17.5. The van der Waals surface area contributed by atoms with Crippen LogP contribution in [0, 0.1) is 12.8 Å². The van der Waals surface area contributed by atoms with E-state index in [1.165, 1.54) is 12.3 Å². The first kappa shape index (κ1) is 21.4. The minimum absolute atomic E-state index is 0.000514. The minimum atomic E-state index is -3.36. The first-order valence-corrected chi connectivity index (χ1v) is 12.4. The van der Waals surface area contributed by atoms with Crippen molar-refractivity contribution < 1.29 is 17.9 Å². The van der Waals surface area contributed by atoms with Crippen molar-refractivity contribution in [2.75, 3.05) is 12.8 Å². The van der Waals surface area contributed by atoms with E-state index in [-0.39, 0.29) is 22.1 Å². The Morgan fingerprint density at radius 3 is 2.71 bits per heavy atom. The van der Waals surface area contributed by atoms with E-state index < -0.39 is 9.84 Å². The first-order chi connectivity index (χ1) is 14.6. The van der Waals surface area contributed by atoms with Crippen molar-refractivity contribution in [2.45, 2.75) is 24.1 Å². The molecule has 1 aromatic carbocycles. The zero-order valence-corrected chi connectivity index (χ0v) is 18.9. The molecule has 0 aliphatic carbocycles. The SMILES string of the molecule is Cc1cc(Oc2ccc(S(C)(=O)=O)nc2)cc2cc(C3=NCC(C(C)C(N)=O)S3)[nH]c12. The fourth-order valence-corrected chi connectivity index (χ4v) is 5.05. The number of carbonyl (C=O) groups is 1. The molecule has 2 aromatic heterocycles. The Balaban J connectivity index is 1.56. The summed E-state index contributed by atoms with van der Waals surface area (Å²) in [5, 5.41) is 1.86. The van der Waals surface area contributed by atoms with Crippen LogP contribution in [-0.4, -0.2) is 47.4 Å². The number of primary amides is 1. The second-order valence-electron chi connectivity index (χ2n) is 7.59. The molecule has 10 heteroatoms. The molecule has 31 heavy (non-hydrogen) atoms. The standard InChI is InChI=1S/C21H22N4O4S2/c1-11-6-15(29-14-4-5-18(23-9-14)31(3,27)28)7-13-8-16(25-19(11)13)21-24-10-17(30-21)12(2)20(22)26/h4-9,12,17,25H,10H2,1-3H3,(H2,22,26). The molecule has 3 aromatic rings. The van der Waals surface area contributed by atoms with Gasteiger partial charge < -0.3 is 15.5 Å². The molecule has 1 aliphatic rings. The highest BCUT2D eigenvalue weighted by Gasteiger charge is 2.29. The number of hydrogen-bond acceptors (Lipinski definition) is 7. The molecule has 2 atom stereocenters. The number of pyridine rings is 1. The average molecular weight is 459 g/mol. The summed E-state index contributed by atoms with van der Waals surface area (Å²) in [6.45, 7) is 4.36. The van der Waals surface area contributed by atoms with Crippen molar-refractivity contribution >= 4 is 43.5 Å². The average Bonchev–Trinajstić information content (AvgIpc) is 3.34. The number of aromatic nitrogens is 2. The van der Waals surface area contributed by atoms with Gasteiger partial charge >= 0.3 is 0 Å². The van der Waals surface area contributed by atoms with Crippen molar-refractivity contribution in [3.05, 3.63) is 47.8 Å². The molecule has 1 aliphatic heterocycles. The van der Waals surface area contributed by atoms with Gasteiger partial charge in [0.15, 0.2) is 14.9 Å². The van der Waals surface area contributed by atoms with Crippen LogP contribution in [0.3, 0.4) is 0 Å². The molecule has 0 spiro atoms. The maximum Gasteiger partial charge on any atom is 0.221 e. The molecule has 0 saturated heterocycles. The van der Waals surface area contributed by atoms with Gasteiger partial charge in [-0.1, -0.05) is 18.7 Å². The highest BCUT2D eigenvalue weighted by molar-refractivity contribution is 8.15. The van der Waals surface area contributed by atoms with E-state index >= 15 is 0 Å². The fourth-order valence-electron chi connectivity index (χ4n) is 3.33. The Kier molecular flexibility index (Phi) is 5.52. The molecule has 4 rings (SSSR count). The van der Waals surface area contributed by atoms with E-state index in [1.807, 2.05) is 32.0 Å². The molecule has 3 heterocycles. The van der Waals surface area contributed by atoms with Crippen LogP contribution >= 0.6 is 11.8 Å². The first-order valence-electron chi connectivity index (χ1n) is 9.60. The molecule has 3 N–H and O–H groups in total. The molecule has 2 unspecified atom stereocenters. The summed E-state index contributed by atoms with van der Waals surface area (Å²) in [5.74, 6) is 0.494. The number of nitrogens with two attached hydrogens (primary N) is 1. The molecule has 0 bridgehead atoms. The summed E-state index contributed by atoms with van der Waals surface area (Å²) >= 11 is 1.56. The van der Waals surface area contributed by atoms with Gasteiger partial charge in [-0.3, -0.25) is 9.79 Å². The number of nitrogens with one attached hydrogen (secondary N) is 1. The maximum absolute atomic E-state index is 11.6. The van der Waals surface area contributed by atoms with Crippen molar-refractivity contribution in [1.82, 2.24) is 9.97 Å². The number of thioether (sulfide) groups is 1. The van der Waals surface area contributed by atoms with E-state index in [2.05, 4.69) is 15.0 Å². The van der Waals surface area contributed by atoms with Crippen LogP contribution in [0.4, 0.5) is 0 Å². The van der Waals surface area contributed by atoms with Gasteiger partial charge in [0.25, 0.3) is 0 Å². The Hall–Kier alpha value is -2.85. The second-order valence-corrected chi connectivity index (χ2v) is 10.8. The molecule has 0 fully saturated rings. The van der Waals surface area contributed by atoms with Crippen LogP contribution in [0.25, 0.3) is 10.9 Å². The summed E-state index contributed by atoms with van der Waals surface area (Å²) in [6.07, 6.45) is 2.50. The van der Waals surface area contributed by atoms with Crippen molar-refractivity contribution in [3.63, 3.8) is 0 Å². The van der Waals surface area contributed by atoms with Gasteiger partial charge in [0, 0.05) is 28.3 Å². The van der Waals surface area contributed by atoms with Crippen molar-refractivity contribution in [3.8, 4) is 11.5 Å². The summed E-state index contributed by atoms with van der Waals surface area (Å²) in [5.41, 5.74) is 8.28. The number of rotatable bonds is 6. The predicted octanol–water partition coefficient (Wildman–Crippen LogP) is 3.05. The Bertz CT molecular complexity index is 1300. The number of sulfone groups is 1. The zero-order chi connectivity index (χ0) is 22.3. The van der Waals surface area contributed by atoms with Gasteiger partial charge in [0.1, 0.15) is 16.5 Å². The van der Waals surface area contributed by atoms with Crippen LogP contribution in [0.2, 0.25) is 0 Å².